The fourth-order valence-corrected chi connectivity index (χ4v) is 3.82. The second kappa shape index (κ2) is 8.09. The summed E-state index contributed by atoms with van der Waals surface area (Å²) in [7, 11) is 0. The van der Waals surface area contributed by atoms with E-state index < -0.39 is 23.1 Å². The van der Waals surface area contributed by atoms with Crippen LogP contribution in [0.1, 0.15) is 76.8 Å². The minimum atomic E-state index is -0.729. The summed E-state index contributed by atoms with van der Waals surface area (Å²) >= 11 is 0. The number of hydrogen-bond acceptors (Lipinski definition) is 4. The van der Waals surface area contributed by atoms with Crippen LogP contribution in [-0.2, 0) is 9.59 Å². The molecule has 2 aromatic rings. The number of rotatable bonds is 5. The van der Waals surface area contributed by atoms with Gasteiger partial charge in [-0.15, -0.1) is 0 Å². The Bertz CT molecular complexity index is 942. The van der Waals surface area contributed by atoms with Gasteiger partial charge in [0.1, 0.15) is 11.9 Å². The fraction of sp³-hybridized carbons (Fsp3) is 0.565. The molecule has 1 aromatic carbocycles. The van der Waals surface area contributed by atoms with Gasteiger partial charge in [-0.1, -0.05) is 46.8 Å². The molecule has 0 spiro atoms. The molecular weight excluding hydrogens is 366 g/mol. The van der Waals surface area contributed by atoms with E-state index in [1.54, 1.807) is 18.4 Å². The number of para-hydroxylation sites is 2. The van der Waals surface area contributed by atoms with Crippen LogP contribution in [0.25, 0.3) is 11.0 Å². The number of hydrogen-bond donors (Lipinski definition) is 0. The molecule has 29 heavy (non-hydrogen) atoms. The normalized spacial score (nSPS) is 17.7. The van der Waals surface area contributed by atoms with Crippen LogP contribution in [0.4, 0.5) is 0 Å². The summed E-state index contributed by atoms with van der Waals surface area (Å²) in [4.78, 5) is 45.7. The molecular formula is C23H31N3O3. The predicted octanol–water partition coefficient (Wildman–Crippen LogP) is 4.19. The molecule has 3 rings (SSSR count). The van der Waals surface area contributed by atoms with Crippen molar-refractivity contribution in [3.8, 4) is 0 Å². The molecule has 1 aliphatic rings. The van der Waals surface area contributed by atoms with Crippen LogP contribution in [-0.4, -0.2) is 44.6 Å². The predicted molar refractivity (Wildman–Crippen MR) is 113 cm³/mol. The summed E-state index contributed by atoms with van der Waals surface area (Å²) in [6.07, 6.45) is 2.80. The first-order chi connectivity index (χ1) is 13.7. The topological polar surface area (TPSA) is 72.3 Å². The van der Waals surface area contributed by atoms with Crippen LogP contribution in [0.3, 0.4) is 0 Å². The van der Waals surface area contributed by atoms with Crippen LogP contribution >= 0.6 is 0 Å². The molecule has 0 bridgehead atoms. The van der Waals surface area contributed by atoms with Crippen molar-refractivity contribution in [2.24, 2.45) is 5.41 Å². The zero-order valence-corrected chi connectivity index (χ0v) is 18.1. The Morgan fingerprint density at radius 2 is 1.86 bits per heavy atom. The van der Waals surface area contributed by atoms with Crippen molar-refractivity contribution < 1.29 is 14.4 Å². The van der Waals surface area contributed by atoms with Crippen LogP contribution < -0.4 is 0 Å². The Kier molecular flexibility index (Phi) is 5.92. The standard InChI is InChI=1S/C23H31N3O3/c1-6-23(4,5)19(27)22(29)25-14-10-9-13-18(25)21(28)26-17-12-8-7-11-16(17)24-20(26)15(2)3/h7-8,11-12,15,18H,6,9-10,13-14H2,1-5H3/t18-/m0/s1. The molecule has 1 aliphatic heterocycles. The van der Waals surface area contributed by atoms with Gasteiger partial charge in [0.2, 0.25) is 5.78 Å². The number of aromatic nitrogens is 2. The molecule has 0 radical (unpaired) electrons. The molecule has 0 aliphatic carbocycles. The summed E-state index contributed by atoms with van der Waals surface area (Å²) in [6.45, 7) is 9.91. The molecule has 0 unspecified atom stereocenters. The molecule has 1 atom stereocenters. The fourth-order valence-electron chi connectivity index (χ4n) is 3.82. The van der Waals surface area contributed by atoms with E-state index in [4.69, 9.17) is 0 Å². The Hall–Kier alpha value is -2.50. The lowest BCUT2D eigenvalue weighted by atomic mass is 9.84. The van der Waals surface area contributed by atoms with Gasteiger partial charge in [-0.2, -0.15) is 0 Å². The Balaban J connectivity index is 2.01. The highest BCUT2D eigenvalue weighted by atomic mass is 16.2. The van der Waals surface area contributed by atoms with Crippen molar-refractivity contribution in [1.29, 1.82) is 0 Å². The second-order valence-electron chi connectivity index (χ2n) is 8.86. The molecule has 1 amide bonds. The van der Waals surface area contributed by atoms with E-state index in [0.29, 0.717) is 25.2 Å². The van der Waals surface area contributed by atoms with Gasteiger partial charge in [0.15, 0.2) is 0 Å². The average molecular weight is 398 g/mol. The molecule has 0 saturated carbocycles. The highest BCUT2D eigenvalue weighted by Crippen LogP contribution is 2.28. The molecule has 1 aromatic heterocycles. The van der Waals surface area contributed by atoms with Crippen LogP contribution in [0.2, 0.25) is 0 Å². The number of likely N-dealkylation sites (tertiary alicyclic amines) is 1. The number of piperidine rings is 1. The van der Waals surface area contributed by atoms with E-state index in [1.807, 2.05) is 45.0 Å². The van der Waals surface area contributed by atoms with Crippen molar-refractivity contribution >= 4 is 28.6 Å². The lowest BCUT2D eigenvalue weighted by molar-refractivity contribution is -0.151. The van der Waals surface area contributed by atoms with Crippen LogP contribution in [0.5, 0.6) is 0 Å². The van der Waals surface area contributed by atoms with Crippen molar-refractivity contribution in [3.05, 3.63) is 30.1 Å². The SMILES string of the molecule is CCC(C)(C)C(=O)C(=O)N1CCCC[C@H]1C(=O)n1c(C(C)C)nc2ccccc21. The Labute approximate surface area is 172 Å². The van der Waals surface area contributed by atoms with E-state index in [0.717, 1.165) is 23.9 Å². The number of Topliss-reactive ketones (excluding diaryl/α,β-unsaturated/α-hetero) is 1. The van der Waals surface area contributed by atoms with Crippen molar-refractivity contribution in [1.82, 2.24) is 14.5 Å². The van der Waals surface area contributed by atoms with Crippen molar-refractivity contribution in [2.45, 2.75) is 72.3 Å². The van der Waals surface area contributed by atoms with E-state index in [1.165, 1.54) is 4.90 Å². The minimum absolute atomic E-state index is 0.0553. The first kappa shape index (κ1) is 21.2. The number of nitrogens with zero attached hydrogens (tertiary/aromatic N) is 3. The summed E-state index contributed by atoms with van der Waals surface area (Å²) in [5.41, 5.74) is 0.785. The molecule has 1 saturated heterocycles. The summed E-state index contributed by atoms with van der Waals surface area (Å²) < 4.78 is 1.66. The number of benzene rings is 1. The lowest BCUT2D eigenvalue weighted by Gasteiger charge is -2.36. The Morgan fingerprint density at radius 3 is 2.52 bits per heavy atom. The third kappa shape index (κ3) is 3.85. The largest absolute Gasteiger partial charge is 0.324 e. The molecule has 1 fully saturated rings. The van der Waals surface area contributed by atoms with Crippen LogP contribution in [0.15, 0.2) is 24.3 Å². The van der Waals surface area contributed by atoms with E-state index >= 15 is 0 Å². The Morgan fingerprint density at radius 1 is 1.17 bits per heavy atom. The van der Waals surface area contributed by atoms with E-state index in [9.17, 15) is 14.4 Å². The maximum atomic E-state index is 13.7. The number of ketones is 1. The first-order valence-corrected chi connectivity index (χ1v) is 10.6. The highest BCUT2D eigenvalue weighted by Gasteiger charge is 2.41. The number of imidazole rings is 1. The smallest absolute Gasteiger partial charge is 0.291 e. The summed E-state index contributed by atoms with van der Waals surface area (Å²) in [6, 6.07) is 6.92. The van der Waals surface area contributed by atoms with Gasteiger partial charge in [0.25, 0.3) is 11.8 Å². The zero-order chi connectivity index (χ0) is 21.3. The van der Waals surface area contributed by atoms with Gasteiger partial charge in [0, 0.05) is 17.9 Å². The van der Waals surface area contributed by atoms with Gasteiger partial charge < -0.3 is 4.90 Å². The number of carbonyl (C=O) groups is 3. The zero-order valence-electron chi connectivity index (χ0n) is 18.1. The van der Waals surface area contributed by atoms with Gasteiger partial charge in [-0.25, -0.2) is 4.98 Å². The number of carbonyl (C=O) groups excluding carboxylic acids is 3. The maximum absolute atomic E-state index is 13.7. The van der Waals surface area contributed by atoms with Crippen molar-refractivity contribution in [3.63, 3.8) is 0 Å². The monoisotopic (exact) mass is 397 g/mol. The molecule has 0 N–H and O–H groups in total. The molecule has 2 heterocycles. The maximum Gasteiger partial charge on any atom is 0.291 e. The van der Waals surface area contributed by atoms with E-state index in [-0.39, 0.29) is 11.8 Å². The third-order valence-electron chi connectivity index (χ3n) is 6.07. The number of fused-ring (bicyclic) bond motifs is 1. The third-order valence-corrected chi connectivity index (χ3v) is 6.07. The molecule has 6 heteroatoms. The molecule has 6 nitrogen and oxygen atoms in total. The molecule has 156 valence electrons. The van der Waals surface area contributed by atoms with Gasteiger partial charge in [-0.3, -0.25) is 19.0 Å². The summed E-state index contributed by atoms with van der Waals surface area (Å²) in [5.74, 6) is -0.378. The first-order valence-electron chi connectivity index (χ1n) is 10.6. The number of amides is 1. The minimum Gasteiger partial charge on any atom is -0.324 e. The lowest BCUT2D eigenvalue weighted by Crippen LogP contribution is -2.53. The average Bonchev–Trinajstić information content (AvgIpc) is 3.12. The van der Waals surface area contributed by atoms with Crippen LogP contribution in [0, 0.1) is 5.41 Å². The van der Waals surface area contributed by atoms with E-state index in [2.05, 4.69) is 4.98 Å². The van der Waals surface area contributed by atoms with Gasteiger partial charge in [0.05, 0.1) is 11.0 Å². The van der Waals surface area contributed by atoms with Crippen molar-refractivity contribution in [2.75, 3.05) is 6.54 Å². The van der Waals surface area contributed by atoms with Gasteiger partial charge >= 0.3 is 0 Å². The summed E-state index contributed by atoms with van der Waals surface area (Å²) in [5, 5.41) is 0. The van der Waals surface area contributed by atoms with Gasteiger partial charge in [-0.05, 0) is 37.8 Å². The second-order valence-corrected chi connectivity index (χ2v) is 8.86. The highest BCUT2D eigenvalue weighted by molar-refractivity contribution is 6.38. The quantitative estimate of drug-likeness (QED) is 0.709.